The highest BCUT2D eigenvalue weighted by atomic mass is 79.9. The summed E-state index contributed by atoms with van der Waals surface area (Å²) < 4.78 is 10.8. The second-order valence-corrected chi connectivity index (χ2v) is 5.33. The van der Waals surface area contributed by atoms with Gasteiger partial charge in [-0.15, -0.1) is 0 Å². The first kappa shape index (κ1) is 18.0. The van der Waals surface area contributed by atoms with Crippen molar-refractivity contribution in [3.05, 3.63) is 34.4 Å². The van der Waals surface area contributed by atoms with Gasteiger partial charge in [0.1, 0.15) is 5.75 Å². The highest BCUT2D eigenvalue weighted by molar-refractivity contribution is 9.10. The van der Waals surface area contributed by atoms with Crippen LogP contribution in [0.5, 0.6) is 5.75 Å². The lowest BCUT2D eigenvalue weighted by Crippen LogP contribution is -2.21. The lowest BCUT2D eigenvalue weighted by molar-refractivity contribution is -0.147. The van der Waals surface area contributed by atoms with Crippen LogP contribution in [0.2, 0.25) is 0 Å². The standard InChI is InChI=1S/C15H18BrNO5/c1-4-9(2)22-15(20)11(14(18)19)8-17-13-7-10(21-3)5-6-12(13)16/h5-9,17H,4H2,1-3H3,(H,18,19). The van der Waals surface area contributed by atoms with E-state index in [0.29, 0.717) is 22.3 Å². The largest absolute Gasteiger partial charge is 0.497 e. The molecule has 120 valence electrons. The molecule has 22 heavy (non-hydrogen) atoms. The number of carbonyl (C=O) groups is 2. The van der Waals surface area contributed by atoms with Crippen molar-refractivity contribution in [2.45, 2.75) is 26.4 Å². The van der Waals surface area contributed by atoms with Crippen LogP contribution < -0.4 is 10.1 Å². The molecule has 0 saturated heterocycles. The molecule has 1 aromatic carbocycles. The van der Waals surface area contributed by atoms with Crippen molar-refractivity contribution in [2.75, 3.05) is 12.4 Å². The van der Waals surface area contributed by atoms with E-state index in [2.05, 4.69) is 21.2 Å². The molecule has 6 nitrogen and oxygen atoms in total. The van der Waals surface area contributed by atoms with Crippen LogP contribution in [0.1, 0.15) is 20.3 Å². The number of hydrogen-bond acceptors (Lipinski definition) is 5. The van der Waals surface area contributed by atoms with Crippen molar-refractivity contribution >= 4 is 33.6 Å². The third-order valence-corrected chi connectivity index (χ3v) is 3.57. The second-order valence-electron chi connectivity index (χ2n) is 4.48. The number of carboxylic acids is 1. The Morgan fingerprint density at radius 3 is 2.68 bits per heavy atom. The van der Waals surface area contributed by atoms with Gasteiger partial charge in [-0.3, -0.25) is 0 Å². The van der Waals surface area contributed by atoms with E-state index in [-0.39, 0.29) is 6.10 Å². The molecule has 0 aliphatic rings. The Labute approximate surface area is 137 Å². The van der Waals surface area contributed by atoms with Crippen molar-refractivity contribution in [1.29, 1.82) is 0 Å². The monoisotopic (exact) mass is 371 g/mol. The fourth-order valence-electron chi connectivity index (χ4n) is 1.43. The van der Waals surface area contributed by atoms with Crippen molar-refractivity contribution in [3.63, 3.8) is 0 Å². The quantitative estimate of drug-likeness (QED) is 0.331. The van der Waals surface area contributed by atoms with E-state index in [4.69, 9.17) is 14.6 Å². The summed E-state index contributed by atoms with van der Waals surface area (Å²) in [4.78, 5) is 23.0. The summed E-state index contributed by atoms with van der Waals surface area (Å²) in [6, 6.07) is 5.15. The molecular formula is C15H18BrNO5. The Balaban J connectivity index is 2.96. The first-order chi connectivity index (χ1) is 10.4. The van der Waals surface area contributed by atoms with Gasteiger partial charge in [-0.1, -0.05) is 6.92 Å². The van der Waals surface area contributed by atoms with E-state index in [1.807, 2.05) is 6.92 Å². The topological polar surface area (TPSA) is 84.9 Å². The number of halogens is 1. The van der Waals surface area contributed by atoms with Gasteiger partial charge in [0.15, 0.2) is 5.57 Å². The molecule has 7 heteroatoms. The molecule has 0 fully saturated rings. The normalized spacial score (nSPS) is 12.5. The minimum absolute atomic E-state index is 0.348. The van der Waals surface area contributed by atoms with Crippen LogP contribution in [-0.4, -0.2) is 30.3 Å². The van der Waals surface area contributed by atoms with Gasteiger partial charge in [0, 0.05) is 16.7 Å². The minimum Gasteiger partial charge on any atom is -0.497 e. The number of carboxylic acid groups (broad SMARTS) is 1. The fourth-order valence-corrected chi connectivity index (χ4v) is 1.79. The van der Waals surface area contributed by atoms with Crippen molar-refractivity contribution < 1.29 is 24.2 Å². The molecule has 0 amide bonds. The predicted octanol–water partition coefficient (Wildman–Crippen LogP) is 3.18. The van der Waals surface area contributed by atoms with Crippen LogP contribution >= 0.6 is 15.9 Å². The average molecular weight is 372 g/mol. The van der Waals surface area contributed by atoms with Crippen molar-refractivity contribution in [1.82, 2.24) is 0 Å². The van der Waals surface area contributed by atoms with Gasteiger partial charge in [-0.2, -0.15) is 0 Å². The Bertz CT molecular complexity index is 585. The Morgan fingerprint density at radius 2 is 2.14 bits per heavy atom. The van der Waals surface area contributed by atoms with Gasteiger partial charge in [0.05, 0.1) is 18.9 Å². The summed E-state index contributed by atoms with van der Waals surface area (Å²) >= 11 is 3.32. The molecule has 1 atom stereocenters. The van der Waals surface area contributed by atoms with Gasteiger partial charge in [0.2, 0.25) is 0 Å². The molecule has 0 aliphatic carbocycles. The van der Waals surface area contributed by atoms with E-state index >= 15 is 0 Å². The number of anilines is 1. The molecule has 2 N–H and O–H groups in total. The first-order valence-electron chi connectivity index (χ1n) is 6.63. The average Bonchev–Trinajstić information content (AvgIpc) is 2.48. The zero-order chi connectivity index (χ0) is 16.7. The molecule has 0 radical (unpaired) electrons. The summed E-state index contributed by atoms with van der Waals surface area (Å²) in [5, 5.41) is 11.9. The lowest BCUT2D eigenvalue weighted by atomic mass is 10.2. The number of benzene rings is 1. The SMILES string of the molecule is CCC(C)OC(=O)C(=CNc1cc(OC)ccc1Br)C(=O)O. The van der Waals surface area contributed by atoms with Crippen LogP contribution in [0.4, 0.5) is 5.69 Å². The zero-order valence-corrected chi connectivity index (χ0v) is 14.1. The number of nitrogens with one attached hydrogen (secondary N) is 1. The van der Waals surface area contributed by atoms with Crippen LogP contribution in [0, 0.1) is 0 Å². The molecule has 1 aromatic rings. The maximum atomic E-state index is 11.8. The molecule has 1 rings (SSSR count). The molecule has 1 unspecified atom stereocenters. The zero-order valence-electron chi connectivity index (χ0n) is 12.6. The molecule has 0 spiro atoms. The number of ether oxygens (including phenoxy) is 2. The summed E-state index contributed by atoms with van der Waals surface area (Å²) in [5.41, 5.74) is 0.0875. The van der Waals surface area contributed by atoms with Crippen molar-refractivity contribution in [3.8, 4) is 5.75 Å². The fraction of sp³-hybridized carbons (Fsp3) is 0.333. The predicted molar refractivity (Wildman–Crippen MR) is 85.9 cm³/mol. The number of carbonyl (C=O) groups excluding carboxylic acids is 1. The summed E-state index contributed by atoms with van der Waals surface area (Å²) in [6.07, 6.45) is 1.36. The highest BCUT2D eigenvalue weighted by Crippen LogP contribution is 2.27. The van der Waals surface area contributed by atoms with Crippen LogP contribution in [-0.2, 0) is 14.3 Å². The number of hydrogen-bond donors (Lipinski definition) is 2. The Morgan fingerprint density at radius 1 is 1.45 bits per heavy atom. The van der Waals surface area contributed by atoms with E-state index in [0.717, 1.165) is 6.20 Å². The van der Waals surface area contributed by atoms with E-state index in [1.165, 1.54) is 7.11 Å². The first-order valence-corrected chi connectivity index (χ1v) is 7.42. The van der Waals surface area contributed by atoms with Gasteiger partial charge in [0.25, 0.3) is 0 Å². The Kier molecular flexibility index (Phi) is 6.91. The summed E-state index contributed by atoms with van der Waals surface area (Å²) in [7, 11) is 1.52. The summed E-state index contributed by atoms with van der Waals surface area (Å²) in [6.45, 7) is 3.54. The summed E-state index contributed by atoms with van der Waals surface area (Å²) in [5.74, 6) is -1.65. The van der Waals surface area contributed by atoms with Crippen LogP contribution in [0.3, 0.4) is 0 Å². The lowest BCUT2D eigenvalue weighted by Gasteiger charge is -2.12. The molecular weight excluding hydrogens is 354 g/mol. The van der Waals surface area contributed by atoms with Crippen molar-refractivity contribution in [2.24, 2.45) is 0 Å². The third kappa shape index (κ3) is 5.07. The highest BCUT2D eigenvalue weighted by Gasteiger charge is 2.21. The van der Waals surface area contributed by atoms with E-state index in [1.54, 1.807) is 25.1 Å². The molecule has 0 aliphatic heterocycles. The third-order valence-electron chi connectivity index (χ3n) is 2.88. The maximum absolute atomic E-state index is 11.8. The smallest absolute Gasteiger partial charge is 0.347 e. The molecule has 0 heterocycles. The number of aliphatic carboxylic acids is 1. The van der Waals surface area contributed by atoms with Gasteiger partial charge < -0.3 is 19.9 Å². The number of methoxy groups -OCH3 is 1. The van der Waals surface area contributed by atoms with Gasteiger partial charge in [-0.25, -0.2) is 9.59 Å². The Hall–Kier alpha value is -2.02. The van der Waals surface area contributed by atoms with E-state index < -0.39 is 17.5 Å². The maximum Gasteiger partial charge on any atom is 0.347 e. The van der Waals surface area contributed by atoms with Crippen LogP contribution in [0.25, 0.3) is 0 Å². The minimum atomic E-state index is -1.36. The molecule has 0 aromatic heterocycles. The van der Waals surface area contributed by atoms with Gasteiger partial charge >= 0.3 is 11.9 Å². The molecule has 0 saturated carbocycles. The van der Waals surface area contributed by atoms with Gasteiger partial charge in [-0.05, 0) is 41.4 Å². The number of rotatable bonds is 7. The second kappa shape index (κ2) is 8.43. The van der Waals surface area contributed by atoms with Crippen LogP contribution in [0.15, 0.2) is 34.4 Å². The number of esters is 1. The van der Waals surface area contributed by atoms with E-state index in [9.17, 15) is 9.59 Å². The molecule has 0 bridgehead atoms.